The first kappa shape index (κ1) is 15.9. The average molecular weight is 334 g/mol. The van der Waals surface area contributed by atoms with E-state index < -0.39 is 5.41 Å². The van der Waals surface area contributed by atoms with Crippen LogP contribution in [0, 0.1) is 0 Å². The summed E-state index contributed by atoms with van der Waals surface area (Å²) in [5.74, 6) is -0.0338. The molecule has 128 valence electrons. The van der Waals surface area contributed by atoms with Crippen LogP contribution in [0.25, 0.3) is 0 Å². The lowest BCUT2D eigenvalue weighted by Gasteiger charge is -2.36. The zero-order chi connectivity index (χ0) is 17.3. The van der Waals surface area contributed by atoms with Crippen LogP contribution in [-0.4, -0.2) is 18.4 Å². The van der Waals surface area contributed by atoms with Crippen LogP contribution in [0.15, 0.2) is 48.5 Å². The molecular formula is C21H22N2O2. The summed E-state index contributed by atoms with van der Waals surface area (Å²) < 4.78 is 0. The number of benzene rings is 2. The highest BCUT2D eigenvalue weighted by Crippen LogP contribution is 2.33. The zero-order valence-corrected chi connectivity index (χ0v) is 14.2. The Kier molecular flexibility index (Phi) is 4.04. The van der Waals surface area contributed by atoms with E-state index in [0.29, 0.717) is 19.4 Å². The molecule has 1 unspecified atom stereocenters. The maximum atomic E-state index is 13.2. The number of nitrogens with one attached hydrogen (secondary N) is 2. The highest BCUT2D eigenvalue weighted by atomic mass is 16.2. The number of amides is 2. The third kappa shape index (κ3) is 2.93. The summed E-state index contributed by atoms with van der Waals surface area (Å²) >= 11 is 0. The van der Waals surface area contributed by atoms with Gasteiger partial charge in [-0.05, 0) is 54.5 Å². The summed E-state index contributed by atoms with van der Waals surface area (Å²) in [4.78, 5) is 24.9. The smallest absolute Gasteiger partial charge is 0.236 e. The van der Waals surface area contributed by atoms with Crippen molar-refractivity contribution in [3.05, 3.63) is 65.2 Å². The highest BCUT2D eigenvalue weighted by molar-refractivity contribution is 6.01. The van der Waals surface area contributed by atoms with Gasteiger partial charge in [0.2, 0.25) is 11.8 Å². The summed E-state index contributed by atoms with van der Waals surface area (Å²) in [7, 11) is 0. The van der Waals surface area contributed by atoms with Crippen LogP contribution in [0.5, 0.6) is 0 Å². The summed E-state index contributed by atoms with van der Waals surface area (Å²) in [6.07, 6.45) is 4.29. The highest BCUT2D eigenvalue weighted by Gasteiger charge is 2.43. The lowest BCUT2D eigenvalue weighted by Crippen LogP contribution is -2.53. The van der Waals surface area contributed by atoms with Gasteiger partial charge in [0.25, 0.3) is 0 Å². The van der Waals surface area contributed by atoms with Crippen molar-refractivity contribution in [3.8, 4) is 0 Å². The lowest BCUT2D eigenvalue weighted by atomic mass is 9.73. The van der Waals surface area contributed by atoms with Crippen molar-refractivity contribution in [2.24, 2.45) is 0 Å². The van der Waals surface area contributed by atoms with E-state index in [0.717, 1.165) is 24.1 Å². The average Bonchev–Trinajstić information content (AvgIpc) is 3.11. The molecule has 4 nitrogen and oxygen atoms in total. The molecule has 0 radical (unpaired) electrons. The maximum absolute atomic E-state index is 13.2. The second kappa shape index (κ2) is 6.36. The van der Waals surface area contributed by atoms with E-state index >= 15 is 0 Å². The van der Waals surface area contributed by atoms with E-state index in [1.54, 1.807) is 0 Å². The molecule has 0 aromatic heterocycles. The number of carbonyl (C=O) groups is 2. The predicted octanol–water partition coefficient (Wildman–Crippen LogP) is 2.96. The number of piperidine rings is 1. The summed E-state index contributed by atoms with van der Waals surface area (Å²) in [6, 6.07) is 16.0. The Morgan fingerprint density at radius 1 is 1.00 bits per heavy atom. The van der Waals surface area contributed by atoms with Gasteiger partial charge in [-0.2, -0.15) is 0 Å². The maximum Gasteiger partial charge on any atom is 0.236 e. The molecule has 1 atom stereocenters. The summed E-state index contributed by atoms with van der Waals surface area (Å²) in [5, 5.41) is 5.99. The van der Waals surface area contributed by atoms with Gasteiger partial charge in [-0.1, -0.05) is 36.4 Å². The van der Waals surface area contributed by atoms with Crippen molar-refractivity contribution in [2.45, 2.75) is 37.5 Å². The molecule has 2 aromatic rings. The first-order valence-electron chi connectivity index (χ1n) is 8.93. The SMILES string of the molecule is O=C1CCC(C(=O)Nc2ccc3c(c2)CCC3)(c2ccccc2)CN1. The van der Waals surface area contributed by atoms with Crippen LogP contribution < -0.4 is 10.6 Å². The third-order valence-corrected chi connectivity index (χ3v) is 5.48. The molecule has 25 heavy (non-hydrogen) atoms. The van der Waals surface area contributed by atoms with E-state index in [-0.39, 0.29) is 11.8 Å². The Bertz CT molecular complexity index is 804. The standard InChI is InChI=1S/C21H22N2O2/c24-19-11-12-21(14-22-19,17-7-2-1-3-8-17)20(25)23-18-10-9-15-5-4-6-16(15)13-18/h1-3,7-10,13H,4-6,11-12,14H2,(H,22,24)(H,23,25). The number of rotatable bonds is 3. The van der Waals surface area contributed by atoms with Gasteiger partial charge < -0.3 is 10.6 Å². The van der Waals surface area contributed by atoms with E-state index in [1.807, 2.05) is 36.4 Å². The van der Waals surface area contributed by atoms with Gasteiger partial charge in [-0.25, -0.2) is 0 Å². The van der Waals surface area contributed by atoms with Gasteiger partial charge in [-0.15, -0.1) is 0 Å². The molecule has 2 aliphatic rings. The topological polar surface area (TPSA) is 58.2 Å². The Balaban J connectivity index is 1.63. The minimum Gasteiger partial charge on any atom is -0.355 e. The normalized spacial score (nSPS) is 22.2. The van der Waals surface area contributed by atoms with Crippen molar-refractivity contribution in [3.63, 3.8) is 0 Å². The molecule has 4 rings (SSSR count). The third-order valence-electron chi connectivity index (χ3n) is 5.48. The molecule has 2 N–H and O–H groups in total. The van der Waals surface area contributed by atoms with Gasteiger partial charge in [0.1, 0.15) is 0 Å². The molecule has 2 aromatic carbocycles. The second-order valence-corrected chi connectivity index (χ2v) is 7.02. The van der Waals surface area contributed by atoms with Crippen molar-refractivity contribution in [2.75, 3.05) is 11.9 Å². The van der Waals surface area contributed by atoms with Crippen LogP contribution in [0.2, 0.25) is 0 Å². The first-order valence-corrected chi connectivity index (χ1v) is 8.93. The minimum atomic E-state index is -0.714. The van der Waals surface area contributed by atoms with Gasteiger partial charge >= 0.3 is 0 Å². The van der Waals surface area contributed by atoms with Crippen LogP contribution in [0.3, 0.4) is 0 Å². The number of hydrogen-bond acceptors (Lipinski definition) is 2. The molecule has 0 spiro atoms. The summed E-state index contributed by atoms with van der Waals surface area (Å²) in [6.45, 7) is 0.340. The zero-order valence-electron chi connectivity index (χ0n) is 14.2. The van der Waals surface area contributed by atoms with Crippen molar-refractivity contribution < 1.29 is 9.59 Å². The number of aryl methyl sites for hydroxylation is 2. The van der Waals surface area contributed by atoms with Crippen molar-refractivity contribution >= 4 is 17.5 Å². The Labute approximate surface area is 147 Å². The molecule has 4 heteroatoms. The number of hydrogen-bond donors (Lipinski definition) is 2. The van der Waals surface area contributed by atoms with E-state index in [9.17, 15) is 9.59 Å². The first-order chi connectivity index (χ1) is 12.2. The van der Waals surface area contributed by atoms with Crippen LogP contribution in [0.4, 0.5) is 5.69 Å². The lowest BCUT2D eigenvalue weighted by molar-refractivity contribution is -0.127. The number of carbonyl (C=O) groups excluding carboxylic acids is 2. The Morgan fingerprint density at radius 2 is 1.80 bits per heavy atom. The molecule has 1 saturated heterocycles. The second-order valence-electron chi connectivity index (χ2n) is 7.02. The molecule has 2 amide bonds. The Hall–Kier alpha value is -2.62. The fraction of sp³-hybridized carbons (Fsp3) is 0.333. The fourth-order valence-electron chi connectivity index (χ4n) is 3.98. The quantitative estimate of drug-likeness (QED) is 0.907. The van der Waals surface area contributed by atoms with Gasteiger partial charge in [0.15, 0.2) is 0 Å². The number of anilines is 1. The van der Waals surface area contributed by atoms with Gasteiger partial charge in [-0.3, -0.25) is 9.59 Å². The number of fused-ring (bicyclic) bond motifs is 1. The largest absolute Gasteiger partial charge is 0.355 e. The van der Waals surface area contributed by atoms with E-state index in [1.165, 1.54) is 17.5 Å². The van der Waals surface area contributed by atoms with Crippen LogP contribution in [-0.2, 0) is 27.8 Å². The van der Waals surface area contributed by atoms with E-state index in [4.69, 9.17) is 0 Å². The molecule has 1 aliphatic carbocycles. The van der Waals surface area contributed by atoms with Gasteiger partial charge in [0, 0.05) is 18.7 Å². The molecule has 0 saturated carbocycles. The van der Waals surface area contributed by atoms with Crippen LogP contribution >= 0.6 is 0 Å². The monoisotopic (exact) mass is 334 g/mol. The van der Waals surface area contributed by atoms with E-state index in [2.05, 4.69) is 22.8 Å². The Morgan fingerprint density at radius 3 is 2.56 bits per heavy atom. The van der Waals surface area contributed by atoms with Crippen LogP contribution in [0.1, 0.15) is 36.0 Å². The summed E-state index contributed by atoms with van der Waals surface area (Å²) in [5.41, 5.74) is 3.81. The predicted molar refractivity (Wildman–Crippen MR) is 97.5 cm³/mol. The fourth-order valence-corrected chi connectivity index (χ4v) is 3.98. The van der Waals surface area contributed by atoms with Crippen molar-refractivity contribution in [1.29, 1.82) is 0 Å². The molecule has 1 aliphatic heterocycles. The van der Waals surface area contributed by atoms with Gasteiger partial charge in [0.05, 0.1) is 5.41 Å². The molecule has 1 fully saturated rings. The molecular weight excluding hydrogens is 312 g/mol. The molecule has 1 heterocycles. The van der Waals surface area contributed by atoms with Crippen molar-refractivity contribution in [1.82, 2.24) is 5.32 Å². The minimum absolute atomic E-state index is 0.0110. The molecule has 0 bridgehead atoms.